The molecule has 0 N–H and O–H groups in total. The minimum Gasteiger partial charge on any atom is -0.462 e. The zero-order valence-electron chi connectivity index (χ0n) is 12.9. The molecule has 0 aliphatic heterocycles. The zero-order chi connectivity index (χ0) is 15.4. The first-order chi connectivity index (χ1) is 10.0. The Morgan fingerprint density at radius 1 is 1.29 bits per heavy atom. The molecule has 0 aliphatic rings. The quantitative estimate of drug-likeness (QED) is 0.742. The van der Waals surface area contributed by atoms with Crippen LogP contribution >= 0.6 is 0 Å². The second kappa shape index (κ2) is 6.53. The molecule has 7 heteroatoms. The van der Waals surface area contributed by atoms with E-state index in [-0.39, 0.29) is 5.97 Å². The summed E-state index contributed by atoms with van der Waals surface area (Å²) in [5, 5.41) is 8.31. The van der Waals surface area contributed by atoms with E-state index in [2.05, 4.69) is 15.1 Å². The fraction of sp³-hybridized carbons (Fsp3) is 0.500. The largest absolute Gasteiger partial charge is 0.462 e. The molecule has 0 saturated carbocycles. The van der Waals surface area contributed by atoms with Crippen LogP contribution in [0.3, 0.4) is 0 Å². The molecule has 7 nitrogen and oxygen atoms in total. The normalized spacial score (nSPS) is 11.1. The first kappa shape index (κ1) is 15.2. The molecule has 2 aromatic rings. The SMILES string of the molecule is CCOC(=O)c1cnn(C)c1CN(C)Cc1cnn(C)c1. The molecule has 0 aliphatic carbocycles. The molecule has 0 radical (unpaired) electrons. The number of hydrogen-bond donors (Lipinski definition) is 0. The van der Waals surface area contributed by atoms with E-state index in [0.29, 0.717) is 18.7 Å². The van der Waals surface area contributed by atoms with Gasteiger partial charge in [-0.2, -0.15) is 10.2 Å². The Morgan fingerprint density at radius 3 is 2.67 bits per heavy atom. The van der Waals surface area contributed by atoms with E-state index < -0.39 is 0 Å². The predicted octanol–water partition coefficient (Wildman–Crippen LogP) is 0.962. The maximum Gasteiger partial charge on any atom is 0.341 e. The summed E-state index contributed by atoms with van der Waals surface area (Å²) in [4.78, 5) is 14.0. The topological polar surface area (TPSA) is 65.2 Å². The van der Waals surface area contributed by atoms with Gasteiger partial charge in [0, 0.05) is 38.9 Å². The van der Waals surface area contributed by atoms with Crippen LogP contribution < -0.4 is 0 Å². The van der Waals surface area contributed by atoms with E-state index in [1.54, 1.807) is 22.5 Å². The summed E-state index contributed by atoms with van der Waals surface area (Å²) in [6.07, 6.45) is 5.38. The fourth-order valence-corrected chi connectivity index (χ4v) is 2.21. The first-order valence-electron chi connectivity index (χ1n) is 6.85. The molecule has 114 valence electrons. The van der Waals surface area contributed by atoms with Gasteiger partial charge < -0.3 is 4.74 Å². The summed E-state index contributed by atoms with van der Waals surface area (Å²) in [6.45, 7) is 3.52. The van der Waals surface area contributed by atoms with Crippen LogP contribution in [0.5, 0.6) is 0 Å². The van der Waals surface area contributed by atoms with Crippen LogP contribution in [0.2, 0.25) is 0 Å². The molecule has 0 fully saturated rings. The second-order valence-electron chi connectivity index (χ2n) is 5.04. The summed E-state index contributed by atoms with van der Waals surface area (Å²) < 4.78 is 8.55. The molecule has 0 aromatic carbocycles. The number of nitrogens with zero attached hydrogens (tertiary/aromatic N) is 5. The highest BCUT2D eigenvalue weighted by atomic mass is 16.5. The Kier molecular flexibility index (Phi) is 4.74. The molecule has 2 aromatic heterocycles. The van der Waals surface area contributed by atoms with Crippen molar-refractivity contribution in [3.63, 3.8) is 0 Å². The van der Waals surface area contributed by atoms with Crippen molar-refractivity contribution >= 4 is 5.97 Å². The van der Waals surface area contributed by atoms with Gasteiger partial charge in [0.25, 0.3) is 0 Å². The van der Waals surface area contributed by atoms with Gasteiger partial charge in [0.1, 0.15) is 5.56 Å². The first-order valence-corrected chi connectivity index (χ1v) is 6.85. The molecule has 2 heterocycles. The maximum absolute atomic E-state index is 11.9. The van der Waals surface area contributed by atoms with Crippen LogP contribution in [0.1, 0.15) is 28.5 Å². The third-order valence-corrected chi connectivity index (χ3v) is 3.19. The van der Waals surface area contributed by atoms with Crippen LogP contribution in [0.25, 0.3) is 0 Å². The maximum atomic E-state index is 11.9. The van der Waals surface area contributed by atoms with Gasteiger partial charge in [-0.1, -0.05) is 0 Å². The molecule has 0 bridgehead atoms. The number of carbonyl (C=O) groups is 1. The lowest BCUT2D eigenvalue weighted by molar-refractivity contribution is 0.0524. The van der Waals surface area contributed by atoms with Gasteiger partial charge in [0.2, 0.25) is 0 Å². The minimum atomic E-state index is -0.324. The Hall–Kier alpha value is -2.15. The number of esters is 1. The van der Waals surface area contributed by atoms with Crippen molar-refractivity contribution in [2.24, 2.45) is 14.1 Å². The molecule has 0 saturated heterocycles. The lowest BCUT2D eigenvalue weighted by Gasteiger charge is -2.16. The van der Waals surface area contributed by atoms with E-state index in [1.807, 2.05) is 33.5 Å². The third kappa shape index (κ3) is 3.69. The van der Waals surface area contributed by atoms with E-state index in [9.17, 15) is 4.79 Å². The van der Waals surface area contributed by atoms with Crippen LogP contribution in [-0.4, -0.2) is 44.1 Å². The summed E-state index contributed by atoms with van der Waals surface area (Å²) in [6, 6.07) is 0. The second-order valence-corrected chi connectivity index (χ2v) is 5.04. The average molecular weight is 291 g/mol. The average Bonchev–Trinajstić information content (AvgIpc) is 2.97. The van der Waals surface area contributed by atoms with E-state index in [1.165, 1.54) is 0 Å². The van der Waals surface area contributed by atoms with Crippen molar-refractivity contribution < 1.29 is 9.53 Å². The van der Waals surface area contributed by atoms with Gasteiger partial charge in [0.15, 0.2) is 0 Å². The molecule has 21 heavy (non-hydrogen) atoms. The van der Waals surface area contributed by atoms with Crippen molar-refractivity contribution in [3.05, 3.63) is 35.4 Å². The molecule has 0 amide bonds. The van der Waals surface area contributed by atoms with Crippen LogP contribution in [-0.2, 0) is 31.9 Å². The lowest BCUT2D eigenvalue weighted by atomic mass is 10.2. The molecular formula is C14H21N5O2. The van der Waals surface area contributed by atoms with Crippen molar-refractivity contribution in [1.29, 1.82) is 0 Å². The van der Waals surface area contributed by atoms with Crippen molar-refractivity contribution in [1.82, 2.24) is 24.5 Å². The third-order valence-electron chi connectivity index (χ3n) is 3.19. The predicted molar refractivity (Wildman–Crippen MR) is 77.5 cm³/mol. The van der Waals surface area contributed by atoms with E-state index in [0.717, 1.165) is 17.8 Å². The fourth-order valence-electron chi connectivity index (χ4n) is 2.21. The Labute approximate surface area is 124 Å². The van der Waals surface area contributed by atoms with Crippen molar-refractivity contribution in [2.45, 2.75) is 20.0 Å². The highest BCUT2D eigenvalue weighted by Gasteiger charge is 2.18. The van der Waals surface area contributed by atoms with Crippen molar-refractivity contribution in [2.75, 3.05) is 13.7 Å². The standard InChI is InChI=1S/C14H21N5O2/c1-5-21-14(20)12-7-16-19(4)13(12)10-17(2)8-11-6-15-18(3)9-11/h6-7,9H,5,8,10H2,1-4H3. The van der Waals surface area contributed by atoms with Gasteiger partial charge in [-0.25, -0.2) is 4.79 Å². The number of aromatic nitrogens is 4. The van der Waals surface area contributed by atoms with Crippen LogP contribution in [0.4, 0.5) is 0 Å². The van der Waals surface area contributed by atoms with Crippen LogP contribution in [0.15, 0.2) is 18.6 Å². The highest BCUT2D eigenvalue weighted by molar-refractivity contribution is 5.90. The summed E-state index contributed by atoms with van der Waals surface area (Å²) in [7, 11) is 5.72. The van der Waals surface area contributed by atoms with Gasteiger partial charge in [0.05, 0.1) is 24.7 Å². The van der Waals surface area contributed by atoms with Gasteiger partial charge >= 0.3 is 5.97 Å². The van der Waals surface area contributed by atoms with E-state index >= 15 is 0 Å². The number of carbonyl (C=O) groups excluding carboxylic acids is 1. The molecule has 2 rings (SSSR count). The van der Waals surface area contributed by atoms with Crippen molar-refractivity contribution in [3.8, 4) is 0 Å². The van der Waals surface area contributed by atoms with E-state index in [4.69, 9.17) is 4.74 Å². The number of aryl methyl sites for hydroxylation is 2. The molecule has 0 atom stereocenters. The summed E-state index contributed by atoms with van der Waals surface area (Å²) >= 11 is 0. The van der Waals surface area contributed by atoms with Gasteiger partial charge in [-0.15, -0.1) is 0 Å². The molecule has 0 spiro atoms. The number of hydrogen-bond acceptors (Lipinski definition) is 5. The minimum absolute atomic E-state index is 0.324. The number of ether oxygens (including phenoxy) is 1. The smallest absolute Gasteiger partial charge is 0.341 e. The molecule has 0 unspecified atom stereocenters. The monoisotopic (exact) mass is 291 g/mol. The Morgan fingerprint density at radius 2 is 2.05 bits per heavy atom. The molecular weight excluding hydrogens is 270 g/mol. The zero-order valence-corrected chi connectivity index (χ0v) is 12.9. The Bertz CT molecular complexity index is 617. The highest BCUT2D eigenvalue weighted by Crippen LogP contribution is 2.13. The van der Waals surface area contributed by atoms with Crippen LogP contribution in [0, 0.1) is 0 Å². The van der Waals surface area contributed by atoms with Gasteiger partial charge in [-0.05, 0) is 14.0 Å². The summed E-state index contributed by atoms with van der Waals surface area (Å²) in [5.41, 5.74) is 2.50. The Balaban J connectivity index is 2.08. The lowest BCUT2D eigenvalue weighted by Crippen LogP contribution is -2.21. The summed E-state index contributed by atoms with van der Waals surface area (Å²) in [5.74, 6) is -0.324. The number of rotatable bonds is 6. The van der Waals surface area contributed by atoms with Gasteiger partial charge in [-0.3, -0.25) is 14.3 Å².